The highest BCUT2D eigenvalue weighted by molar-refractivity contribution is 5.90. The van der Waals surface area contributed by atoms with Crippen LogP contribution in [0.5, 0.6) is 0 Å². The number of hydrogen-bond acceptors (Lipinski definition) is 3. The van der Waals surface area contributed by atoms with Crippen LogP contribution in [0.2, 0.25) is 0 Å². The molecule has 0 spiro atoms. The Kier molecular flexibility index (Phi) is 6.53. The second-order valence-corrected chi connectivity index (χ2v) is 5.28. The van der Waals surface area contributed by atoms with Gasteiger partial charge in [-0.3, -0.25) is 4.79 Å². The van der Waals surface area contributed by atoms with Gasteiger partial charge in [0.1, 0.15) is 0 Å². The van der Waals surface area contributed by atoms with Gasteiger partial charge in [-0.05, 0) is 31.9 Å². The predicted molar refractivity (Wildman–Crippen MR) is 84.4 cm³/mol. The molecule has 5 nitrogen and oxygen atoms in total. The molecule has 0 aliphatic heterocycles. The van der Waals surface area contributed by atoms with Gasteiger partial charge in [0.2, 0.25) is 0 Å². The van der Waals surface area contributed by atoms with Gasteiger partial charge in [-0.15, -0.1) is 0 Å². The van der Waals surface area contributed by atoms with Crippen molar-refractivity contribution in [2.75, 3.05) is 6.54 Å². The van der Waals surface area contributed by atoms with E-state index in [1.165, 1.54) is 30.7 Å². The molecule has 0 saturated heterocycles. The number of carbonyl (C=O) groups is 2. The van der Waals surface area contributed by atoms with Gasteiger partial charge in [0.25, 0.3) is 0 Å². The highest BCUT2D eigenvalue weighted by Crippen LogP contribution is 2.31. The van der Waals surface area contributed by atoms with E-state index in [1.807, 2.05) is 18.2 Å². The maximum absolute atomic E-state index is 10.8. The second-order valence-electron chi connectivity index (χ2n) is 5.28. The molecule has 0 bridgehead atoms. The average molecular weight is 303 g/mol. The molecule has 1 unspecified atom stereocenters. The Morgan fingerprint density at radius 2 is 1.86 bits per heavy atom. The zero-order chi connectivity index (χ0) is 16.6. The van der Waals surface area contributed by atoms with Crippen molar-refractivity contribution in [2.24, 2.45) is 11.1 Å². The van der Waals surface area contributed by atoms with Gasteiger partial charge in [-0.2, -0.15) is 0 Å². The molecule has 1 aliphatic carbocycles. The Bertz CT molecular complexity index is 578. The van der Waals surface area contributed by atoms with Crippen molar-refractivity contribution in [1.29, 1.82) is 0 Å². The molecule has 4 N–H and O–H groups in total. The first-order valence-electron chi connectivity index (χ1n) is 6.98. The summed E-state index contributed by atoms with van der Waals surface area (Å²) in [5.74, 6) is -2.06. The van der Waals surface area contributed by atoms with E-state index < -0.39 is 17.4 Å². The summed E-state index contributed by atoms with van der Waals surface area (Å²) in [6.07, 6.45) is 5.42. The summed E-state index contributed by atoms with van der Waals surface area (Å²) in [5, 5.41) is 17.5. The molecule has 0 fully saturated rings. The maximum atomic E-state index is 10.8. The van der Waals surface area contributed by atoms with Crippen molar-refractivity contribution in [1.82, 2.24) is 0 Å². The molecule has 118 valence electrons. The van der Waals surface area contributed by atoms with Crippen molar-refractivity contribution in [3.63, 3.8) is 0 Å². The first-order valence-corrected chi connectivity index (χ1v) is 6.98. The lowest BCUT2D eigenvalue weighted by molar-refractivity contribution is -0.145. The molecule has 1 aliphatic rings. The number of carboxylic acids is 2. The van der Waals surface area contributed by atoms with Crippen LogP contribution in [0.1, 0.15) is 18.9 Å². The molecule has 5 heteroatoms. The maximum Gasteiger partial charge on any atom is 0.331 e. The van der Waals surface area contributed by atoms with Crippen LogP contribution in [-0.2, 0) is 16.0 Å². The lowest BCUT2D eigenvalue weighted by Gasteiger charge is -2.23. The standard InChI is InChI=1S/C9H10O4.C8H11N/c1-9(8(12)13)4-2-3-6(5-9)7(10)11;9-7-6-8-4-2-1-3-5-8/h2-4H,5H2,1H3,(H,10,11)(H,12,13);1-5H,6-7,9H2. The topological polar surface area (TPSA) is 101 Å². The fourth-order valence-corrected chi connectivity index (χ4v) is 2.00. The SMILES string of the molecule is CC1(C(=O)O)C=CC=C(C(=O)O)C1.NCCc1ccccc1. The Labute approximate surface area is 129 Å². The Morgan fingerprint density at radius 1 is 1.23 bits per heavy atom. The van der Waals surface area contributed by atoms with Crippen LogP contribution in [0, 0.1) is 5.41 Å². The average Bonchev–Trinajstić information content (AvgIpc) is 2.49. The Morgan fingerprint density at radius 3 is 2.36 bits per heavy atom. The molecule has 0 saturated carbocycles. The van der Waals surface area contributed by atoms with Crippen LogP contribution in [0.25, 0.3) is 0 Å². The third-order valence-electron chi connectivity index (χ3n) is 3.36. The highest BCUT2D eigenvalue weighted by Gasteiger charge is 2.34. The summed E-state index contributed by atoms with van der Waals surface area (Å²) in [6.45, 7) is 2.24. The monoisotopic (exact) mass is 303 g/mol. The minimum absolute atomic E-state index is 0.0359. The van der Waals surface area contributed by atoms with E-state index in [1.54, 1.807) is 0 Å². The zero-order valence-corrected chi connectivity index (χ0v) is 12.5. The molecule has 1 atom stereocenters. The second kappa shape index (κ2) is 8.14. The van der Waals surface area contributed by atoms with Crippen LogP contribution < -0.4 is 5.73 Å². The first kappa shape index (κ1) is 17.7. The molecule has 0 aromatic heterocycles. The van der Waals surface area contributed by atoms with E-state index in [9.17, 15) is 9.59 Å². The van der Waals surface area contributed by atoms with E-state index in [0.717, 1.165) is 13.0 Å². The number of carboxylic acid groups (broad SMARTS) is 2. The van der Waals surface area contributed by atoms with E-state index in [-0.39, 0.29) is 12.0 Å². The number of nitrogens with two attached hydrogens (primary N) is 1. The van der Waals surface area contributed by atoms with E-state index in [4.69, 9.17) is 15.9 Å². The lowest BCUT2D eigenvalue weighted by Crippen LogP contribution is -2.28. The summed E-state index contributed by atoms with van der Waals surface area (Å²) in [6, 6.07) is 10.3. The molecule has 0 amide bonds. The van der Waals surface area contributed by atoms with Crippen molar-refractivity contribution < 1.29 is 19.8 Å². The Hall–Kier alpha value is -2.40. The van der Waals surface area contributed by atoms with Gasteiger partial charge in [0, 0.05) is 5.57 Å². The molecule has 0 heterocycles. The number of benzene rings is 1. The van der Waals surface area contributed by atoms with Gasteiger partial charge >= 0.3 is 11.9 Å². The number of hydrogen-bond donors (Lipinski definition) is 3. The van der Waals surface area contributed by atoms with Crippen molar-refractivity contribution in [3.8, 4) is 0 Å². The summed E-state index contributed by atoms with van der Waals surface area (Å²) in [7, 11) is 0. The van der Waals surface area contributed by atoms with Crippen LogP contribution in [-0.4, -0.2) is 28.7 Å². The fraction of sp³-hybridized carbons (Fsp3) is 0.294. The minimum Gasteiger partial charge on any atom is -0.481 e. The summed E-state index contributed by atoms with van der Waals surface area (Å²) in [4.78, 5) is 21.3. The van der Waals surface area contributed by atoms with Crippen molar-refractivity contribution in [2.45, 2.75) is 19.8 Å². The van der Waals surface area contributed by atoms with Gasteiger partial charge in [-0.25, -0.2) is 4.79 Å². The van der Waals surface area contributed by atoms with Crippen LogP contribution in [0.4, 0.5) is 0 Å². The lowest BCUT2D eigenvalue weighted by atomic mass is 9.80. The molecule has 0 radical (unpaired) electrons. The van der Waals surface area contributed by atoms with E-state index in [2.05, 4.69) is 12.1 Å². The minimum atomic E-state index is -1.08. The molecule has 2 rings (SSSR count). The smallest absolute Gasteiger partial charge is 0.331 e. The summed E-state index contributed by atoms with van der Waals surface area (Å²) >= 11 is 0. The summed E-state index contributed by atoms with van der Waals surface area (Å²) < 4.78 is 0. The third kappa shape index (κ3) is 5.18. The molecular weight excluding hydrogens is 282 g/mol. The number of rotatable bonds is 4. The molecule has 1 aromatic carbocycles. The largest absolute Gasteiger partial charge is 0.481 e. The van der Waals surface area contributed by atoms with Crippen LogP contribution in [0.3, 0.4) is 0 Å². The molecular formula is C17H21NO4. The molecule has 1 aromatic rings. The highest BCUT2D eigenvalue weighted by atomic mass is 16.4. The van der Waals surface area contributed by atoms with Gasteiger partial charge in [0.05, 0.1) is 5.41 Å². The van der Waals surface area contributed by atoms with Crippen molar-refractivity contribution >= 4 is 11.9 Å². The van der Waals surface area contributed by atoms with Crippen molar-refractivity contribution in [3.05, 3.63) is 59.7 Å². The normalized spacial score (nSPS) is 19.6. The predicted octanol–water partition coefficient (Wildman–Crippen LogP) is 2.24. The number of aliphatic carboxylic acids is 2. The number of allylic oxidation sites excluding steroid dienone is 2. The molecule has 22 heavy (non-hydrogen) atoms. The third-order valence-corrected chi connectivity index (χ3v) is 3.36. The van der Waals surface area contributed by atoms with Gasteiger partial charge in [-0.1, -0.05) is 48.6 Å². The van der Waals surface area contributed by atoms with Gasteiger partial charge < -0.3 is 15.9 Å². The Balaban J connectivity index is 0.000000235. The first-order chi connectivity index (χ1) is 10.4. The van der Waals surface area contributed by atoms with Crippen LogP contribution >= 0.6 is 0 Å². The quantitative estimate of drug-likeness (QED) is 0.792. The van der Waals surface area contributed by atoms with Gasteiger partial charge in [0.15, 0.2) is 0 Å². The van der Waals surface area contributed by atoms with Crippen LogP contribution in [0.15, 0.2) is 54.1 Å². The fourth-order valence-electron chi connectivity index (χ4n) is 2.00. The van der Waals surface area contributed by atoms with E-state index >= 15 is 0 Å². The zero-order valence-electron chi connectivity index (χ0n) is 12.5. The summed E-state index contributed by atoms with van der Waals surface area (Å²) in [5.41, 5.74) is 5.73. The van der Waals surface area contributed by atoms with E-state index in [0.29, 0.717) is 0 Å².